The van der Waals surface area contributed by atoms with Gasteiger partial charge in [0, 0.05) is 30.1 Å². The van der Waals surface area contributed by atoms with Gasteiger partial charge in [-0.15, -0.1) is 0 Å². The molecule has 0 saturated heterocycles. The van der Waals surface area contributed by atoms with E-state index in [1.54, 1.807) is 57.2 Å². The average molecular weight is 633 g/mol. The molecule has 0 spiro atoms. The van der Waals surface area contributed by atoms with Crippen LogP contribution in [0.15, 0.2) is 77.8 Å². The number of carbonyl (C=O) groups is 2. The van der Waals surface area contributed by atoms with E-state index < -0.39 is 45.3 Å². The van der Waals surface area contributed by atoms with Crippen molar-refractivity contribution in [1.29, 1.82) is 0 Å². The monoisotopic (exact) mass is 632 g/mol. The van der Waals surface area contributed by atoms with E-state index >= 15 is 4.39 Å². The van der Waals surface area contributed by atoms with Crippen LogP contribution in [0.5, 0.6) is 0 Å². The lowest BCUT2D eigenvalue weighted by atomic mass is 9.97. The van der Waals surface area contributed by atoms with E-state index in [4.69, 9.17) is 4.74 Å². The molecule has 4 rings (SSSR count). The summed E-state index contributed by atoms with van der Waals surface area (Å²) in [4.78, 5) is 24.7. The van der Waals surface area contributed by atoms with Crippen LogP contribution in [0.4, 0.5) is 32.8 Å². The fourth-order valence-corrected chi connectivity index (χ4v) is 4.71. The zero-order valence-corrected chi connectivity index (χ0v) is 24.8. The van der Waals surface area contributed by atoms with E-state index in [9.17, 15) is 31.2 Å². The van der Waals surface area contributed by atoms with Gasteiger partial charge in [0.1, 0.15) is 11.4 Å². The van der Waals surface area contributed by atoms with Crippen molar-refractivity contribution < 1.29 is 40.3 Å². The predicted molar refractivity (Wildman–Crippen MR) is 155 cm³/mol. The standard InChI is InChI=1S/C30H28F4N4O5S/c1-29(2,3)43-28(40)35-17-18-5-7-19(8-6-18)23-11-9-20(22-12-10-21(16-24(22)31)44(4,41)42)15-25(23)36-27(39)38-14-13-26(37-38)30(32,33)34/h5-16H,17H2,1-4H3,(H,35,40)(H,36,39). The van der Waals surface area contributed by atoms with Gasteiger partial charge in [0.15, 0.2) is 15.5 Å². The van der Waals surface area contributed by atoms with Crippen molar-refractivity contribution >= 4 is 27.6 Å². The normalized spacial score (nSPS) is 12.1. The summed E-state index contributed by atoms with van der Waals surface area (Å²) in [6, 6.07) is 14.4. The molecule has 0 aliphatic carbocycles. The third-order valence-corrected chi connectivity index (χ3v) is 7.24. The van der Waals surface area contributed by atoms with Gasteiger partial charge in [-0.2, -0.15) is 23.0 Å². The summed E-state index contributed by atoms with van der Waals surface area (Å²) in [6.45, 7) is 5.39. The van der Waals surface area contributed by atoms with Crippen LogP contribution in [0.3, 0.4) is 0 Å². The number of ether oxygens (including phenoxy) is 1. The summed E-state index contributed by atoms with van der Waals surface area (Å²) in [5, 5.41) is 8.47. The van der Waals surface area contributed by atoms with Gasteiger partial charge < -0.3 is 15.4 Å². The third-order valence-electron chi connectivity index (χ3n) is 6.13. The maximum Gasteiger partial charge on any atom is 0.435 e. The topological polar surface area (TPSA) is 119 Å². The Kier molecular flexibility index (Phi) is 8.86. The van der Waals surface area contributed by atoms with Gasteiger partial charge in [0.2, 0.25) is 0 Å². The molecular formula is C30H28F4N4O5S. The second-order valence-corrected chi connectivity index (χ2v) is 12.8. The van der Waals surface area contributed by atoms with Crippen LogP contribution < -0.4 is 10.6 Å². The minimum Gasteiger partial charge on any atom is -0.444 e. The number of amides is 2. The highest BCUT2D eigenvalue weighted by Crippen LogP contribution is 2.35. The minimum atomic E-state index is -4.76. The Hall–Kier alpha value is -4.72. The number of hydrogen-bond acceptors (Lipinski definition) is 6. The van der Waals surface area contributed by atoms with Gasteiger partial charge in [-0.25, -0.2) is 22.4 Å². The van der Waals surface area contributed by atoms with Crippen LogP contribution in [0, 0.1) is 5.82 Å². The molecule has 0 bridgehead atoms. The second-order valence-electron chi connectivity index (χ2n) is 10.8. The Labute approximate surface area is 250 Å². The van der Waals surface area contributed by atoms with Gasteiger partial charge >= 0.3 is 18.3 Å². The summed E-state index contributed by atoms with van der Waals surface area (Å²) in [6.07, 6.45) is -3.54. The summed E-state index contributed by atoms with van der Waals surface area (Å²) < 4.78 is 83.6. The van der Waals surface area contributed by atoms with Crippen LogP contribution in [0.2, 0.25) is 0 Å². The van der Waals surface area contributed by atoms with Crippen molar-refractivity contribution in [2.24, 2.45) is 0 Å². The van der Waals surface area contributed by atoms with Crippen molar-refractivity contribution in [3.05, 3.63) is 90.0 Å². The minimum absolute atomic E-state index is 0.0291. The van der Waals surface area contributed by atoms with Crippen molar-refractivity contribution in [1.82, 2.24) is 15.1 Å². The highest BCUT2D eigenvalue weighted by molar-refractivity contribution is 7.90. The number of aromatic nitrogens is 2. The maximum atomic E-state index is 15.0. The Bertz CT molecular complexity index is 1810. The highest BCUT2D eigenvalue weighted by atomic mass is 32.2. The number of carbonyl (C=O) groups excluding carboxylic acids is 2. The summed E-state index contributed by atoms with van der Waals surface area (Å²) in [5.41, 5.74) is 0.225. The molecule has 0 radical (unpaired) electrons. The highest BCUT2D eigenvalue weighted by Gasteiger charge is 2.34. The van der Waals surface area contributed by atoms with Crippen LogP contribution >= 0.6 is 0 Å². The summed E-state index contributed by atoms with van der Waals surface area (Å²) in [5.74, 6) is -0.832. The molecule has 4 aromatic rings. The first kappa shape index (κ1) is 32.2. The molecule has 1 aromatic heterocycles. The molecule has 44 heavy (non-hydrogen) atoms. The molecule has 3 aromatic carbocycles. The van der Waals surface area contributed by atoms with Crippen molar-refractivity contribution in [3.63, 3.8) is 0 Å². The average Bonchev–Trinajstić information content (AvgIpc) is 3.42. The SMILES string of the molecule is CC(C)(C)OC(=O)NCc1ccc(-c2ccc(-c3ccc(S(C)(=O)=O)cc3F)cc2NC(=O)n2ccc(C(F)(F)F)n2)cc1. The molecule has 14 heteroatoms. The van der Waals surface area contributed by atoms with E-state index in [1.807, 2.05) is 0 Å². The lowest BCUT2D eigenvalue weighted by Gasteiger charge is -2.19. The van der Waals surface area contributed by atoms with E-state index in [-0.39, 0.29) is 28.3 Å². The molecular weight excluding hydrogens is 604 g/mol. The van der Waals surface area contributed by atoms with E-state index in [1.165, 1.54) is 18.2 Å². The summed E-state index contributed by atoms with van der Waals surface area (Å²) >= 11 is 0. The fraction of sp³-hybridized carbons (Fsp3) is 0.233. The van der Waals surface area contributed by atoms with Crippen molar-refractivity contribution in [2.45, 2.75) is 44.0 Å². The number of rotatable bonds is 6. The smallest absolute Gasteiger partial charge is 0.435 e. The van der Waals surface area contributed by atoms with Gasteiger partial charge in [0.25, 0.3) is 0 Å². The maximum absolute atomic E-state index is 15.0. The van der Waals surface area contributed by atoms with E-state index in [0.29, 0.717) is 21.9 Å². The number of hydrogen-bond donors (Lipinski definition) is 2. The molecule has 0 unspecified atom stereocenters. The van der Waals surface area contributed by atoms with E-state index in [0.717, 1.165) is 24.1 Å². The number of anilines is 1. The Morgan fingerprint density at radius 2 is 1.55 bits per heavy atom. The van der Waals surface area contributed by atoms with Gasteiger partial charge in [-0.3, -0.25) is 0 Å². The molecule has 232 valence electrons. The lowest BCUT2D eigenvalue weighted by Crippen LogP contribution is -2.32. The molecule has 9 nitrogen and oxygen atoms in total. The molecule has 2 amide bonds. The van der Waals surface area contributed by atoms with Crippen molar-refractivity contribution in [2.75, 3.05) is 11.6 Å². The van der Waals surface area contributed by atoms with Crippen molar-refractivity contribution in [3.8, 4) is 22.3 Å². The number of benzene rings is 3. The number of nitrogens with zero attached hydrogens (tertiary/aromatic N) is 2. The molecule has 0 aliphatic heterocycles. The van der Waals surface area contributed by atoms with Gasteiger partial charge in [0.05, 0.1) is 10.6 Å². The first-order valence-corrected chi connectivity index (χ1v) is 14.9. The summed E-state index contributed by atoms with van der Waals surface area (Å²) in [7, 11) is -3.67. The Morgan fingerprint density at radius 1 is 0.909 bits per heavy atom. The molecule has 0 atom stereocenters. The van der Waals surface area contributed by atoms with Gasteiger partial charge in [-0.05, 0) is 61.7 Å². The van der Waals surface area contributed by atoms with Crippen LogP contribution in [0.25, 0.3) is 22.3 Å². The quantitative estimate of drug-likeness (QED) is 0.224. The number of halogens is 4. The number of nitrogens with one attached hydrogen (secondary N) is 2. The molecule has 0 saturated carbocycles. The second kappa shape index (κ2) is 12.1. The molecule has 0 fully saturated rings. The largest absolute Gasteiger partial charge is 0.444 e. The fourth-order valence-electron chi connectivity index (χ4n) is 4.08. The van der Waals surface area contributed by atoms with Crippen LogP contribution in [0.1, 0.15) is 32.0 Å². The van der Waals surface area contributed by atoms with Crippen LogP contribution in [-0.2, 0) is 27.3 Å². The lowest BCUT2D eigenvalue weighted by molar-refractivity contribution is -0.141. The zero-order valence-electron chi connectivity index (χ0n) is 24.0. The zero-order chi connectivity index (χ0) is 32.4. The van der Waals surface area contributed by atoms with E-state index in [2.05, 4.69) is 15.7 Å². The predicted octanol–water partition coefficient (Wildman–Crippen LogP) is 6.88. The third kappa shape index (κ3) is 8.01. The van der Waals surface area contributed by atoms with Crippen LogP contribution in [-0.4, -0.2) is 42.2 Å². The Balaban J connectivity index is 1.68. The number of alkyl halides is 3. The molecule has 1 heterocycles. The molecule has 0 aliphatic rings. The first-order valence-electron chi connectivity index (χ1n) is 13.1. The number of alkyl carbamates (subject to hydrolysis) is 1. The number of sulfone groups is 1. The Morgan fingerprint density at radius 3 is 2.11 bits per heavy atom. The first-order chi connectivity index (χ1) is 20.4. The molecule has 2 N–H and O–H groups in total. The van der Waals surface area contributed by atoms with Gasteiger partial charge in [-0.1, -0.05) is 42.5 Å².